The molecule has 4 amide bonds. The Morgan fingerprint density at radius 1 is 0.936 bits per heavy atom. The van der Waals surface area contributed by atoms with E-state index in [-0.39, 0.29) is 30.5 Å². The number of halogens is 2. The highest BCUT2D eigenvalue weighted by molar-refractivity contribution is 5.92. The minimum Gasteiger partial charge on any atom is -0.394 e. The number of aliphatic hydroxyl groups is 2. The van der Waals surface area contributed by atoms with Crippen molar-refractivity contribution in [3.05, 3.63) is 52.6 Å². The Bertz CT molecular complexity index is 1360. The number of hydrogen-bond donors (Lipinski definition) is 7. The number of anilines is 2. The number of rotatable bonds is 14. The number of nitrogens with two attached hydrogens (primary N) is 1. The summed E-state index contributed by atoms with van der Waals surface area (Å²) in [7, 11) is 0. The highest BCUT2D eigenvalue weighted by Gasteiger charge is 2.59. The van der Waals surface area contributed by atoms with Crippen LogP contribution in [0.15, 0.2) is 41.3 Å². The van der Waals surface area contributed by atoms with Crippen molar-refractivity contribution >= 4 is 35.1 Å². The highest BCUT2D eigenvalue weighted by atomic mass is 19.3. The molecule has 15 nitrogen and oxygen atoms in total. The molecule has 3 rings (SSSR count). The lowest BCUT2D eigenvalue weighted by Crippen LogP contribution is -2.41. The number of carbonyl (C=O) groups is 4. The fourth-order valence-electron chi connectivity index (χ4n) is 4.06. The molecule has 1 fully saturated rings. The number of alkyl halides is 2. The van der Waals surface area contributed by atoms with E-state index in [1.807, 2.05) is 45.0 Å². The van der Waals surface area contributed by atoms with E-state index in [0.29, 0.717) is 17.4 Å². The van der Waals surface area contributed by atoms with Gasteiger partial charge in [-0.1, -0.05) is 44.4 Å². The Morgan fingerprint density at radius 2 is 1.51 bits per heavy atom. The molecule has 1 aliphatic rings. The largest absolute Gasteiger partial charge is 0.394 e. The molecule has 0 spiro atoms. The summed E-state index contributed by atoms with van der Waals surface area (Å²) in [6, 6.07) is 8.77. The quantitative estimate of drug-likeness (QED) is 0.0878. The topological polar surface area (TPSA) is 235 Å². The van der Waals surface area contributed by atoms with Crippen LogP contribution in [-0.2, 0) is 23.9 Å². The van der Waals surface area contributed by atoms with Gasteiger partial charge in [-0.25, -0.2) is 10.3 Å². The summed E-state index contributed by atoms with van der Waals surface area (Å²) in [6.07, 6.45) is -1.40. The molecule has 0 bridgehead atoms. The van der Waals surface area contributed by atoms with Crippen LogP contribution in [0.1, 0.15) is 77.0 Å². The van der Waals surface area contributed by atoms with Gasteiger partial charge in [-0.2, -0.15) is 13.8 Å². The van der Waals surface area contributed by atoms with E-state index in [2.05, 4.69) is 15.6 Å². The maximum absolute atomic E-state index is 14.0. The molecule has 0 radical (unpaired) electrons. The Kier molecular flexibility index (Phi) is 18.0. The van der Waals surface area contributed by atoms with Crippen molar-refractivity contribution in [2.24, 2.45) is 5.73 Å². The fourth-order valence-corrected chi connectivity index (χ4v) is 4.06. The van der Waals surface area contributed by atoms with Crippen molar-refractivity contribution in [1.29, 1.82) is 0 Å². The first-order valence-electron chi connectivity index (χ1n) is 15.1. The van der Waals surface area contributed by atoms with Crippen molar-refractivity contribution in [3.8, 4) is 0 Å². The second-order valence-electron chi connectivity index (χ2n) is 10.2. The molecule has 0 saturated carbocycles. The maximum Gasteiger partial charge on any atom is 0.351 e. The van der Waals surface area contributed by atoms with E-state index >= 15 is 0 Å². The van der Waals surface area contributed by atoms with Crippen molar-refractivity contribution in [3.63, 3.8) is 0 Å². The minimum atomic E-state index is -3.83. The Labute approximate surface area is 270 Å². The zero-order valence-electron chi connectivity index (χ0n) is 26.6. The number of carbonyl (C=O) groups excluding carboxylic acids is 4. The van der Waals surface area contributed by atoms with Crippen LogP contribution in [0.3, 0.4) is 0 Å². The third kappa shape index (κ3) is 13.9. The van der Waals surface area contributed by atoms with Gasteiger partial charge in [0.25, 0.3) is 0 Å². The van der Waals surface area contributed by atoms with Crippen LogP contribution in [-0.4, -0.2) is 73.3 Å². The number of aliphatic hydroxyl groups excluding tert-OH is 2. The molecule has 8 N–H and O–H groups in total. The Balaban J connectivity index is 0.000000457. The van der Waals surface area contributed by atoms with Crippen LogP contribution in [0.4, 0.5) is 20.3 Å². The molecule has 3 atom stereocenters. The molecule has 1 aliphatic heterocycles. The van der Waals surface area contributed by atoms with Gasteiger partial charge in [0, 0.05) is 37.6 Å². The first-order chi connectivity index (χ1) is 22.3. The zero-order chi connectivity index (χ0) is 35.6. The van der Waals surface area contributed by atoms with Gasteiger partial charge in [0.05, 0.1) is 6.61 Å². The number of benzene rings is 1. The molecule has 0 aliphatic carbocycles. The molecule has 3 unspecified atom stereocenters. The number of amides is 4. The molecular formula is C30H44F2N6O9. The lowest BCUT2D eigenvalue weighted by atomic mass is 10.1. The number of nitrogens with one attached hydrogen (secondary N) is 3. The minimum absolute atomic E-state index is 0.0157. The normalized spacial score (nSPS) is 17.7. The molecule has 2 aromatic rings. The first kappa shape index (κ1) is 40.7. The molecule has 1 aromatic carbocycles. The van der Waals surface area contributed by atoms with E-state index in [0.717, 1.165) is 49.2 Å². The maximum atomic E-state index is 14.0. The average Bonchev–Trinajstić information content (AvgIpc) is 3.27. The second kappa shape index (κ2) is 20.7. The summed E-state index contributed by atoms with van der Waals surface area (Å²) in [5.74, 6) is -5.70. The summed E-state index contributed by atoms with van der Waals surface area (Å²) in [5, 5.41) is 31.8. The van der Waals surface area contributed by atoms with Gasteiger partial charge < -0.3 is 31.3 Å². The van der Waals surface area contributed by atoms with Crippen molar-refractivity contribution in [2.75, 3.05) is 17.2 Å². The van der Waals surface area contributed by atoms with Gasteiger partial charge in [0.1, 0.15) is 11.9 Å². The third-order valence-corrected chi connectivity index (χ3v) is 6.53. The summed E-state index contributed by atoms with van der Waals surface area (Å²) in [5.41, 5.74) is 7.32. The van der Waals surface area contributed by atoms with Crippen LogP contribution < -0.4 is 27.5 Å². The number of aryl methyl sites for hydroxylation is 1. The second-order valence-corrected chi connectivity index (χ2v) is 10.2. The average molecular weight is 671 g/mol. The van der Waals surface area contributed by atoms with E-state index in [1.165, 1.54) is 0 Å². The number of nitrogens with zero attached hydrogens (tertiary/aromatic N) is 2. The molecule has 17 heteroatoms. The van der Waals surface area contributed by atoms with Gasteiger partial charge in [0.15, 0.2) is 6.10 Å². The summed E-state index contributed by atoms with van der Waals surface area (Å²) in [6.45, 7) is 5.14. The predicted molar refractivity (Wildman–Crippen MR) is 166 cm³/mol. The van der Waals surface area contributed by atoms with Crippen molar-refractivity contribution < 1.29 is 48.1 Å². The van der Waals surface area contributed by atoms with Crippen molar-refractivity contribution in [1.82, 2.24) is 15.0 Å². The molecule has 47 heavy (non-hydrogen) atoms. The van der Waals surface area contributed by atoms with Crippen LogP contribution in [0.2, 0.25) is 0 Å². The van der Waals surface area contributed by atoms with Crippen LogP contribution in [0.25, 0.3) is 0 Å². The van der Waals surface area contributed by atoms with Crippen LogP contribution >= 0.6 is 0 Å². The Hall–Kier alpha value is -4.32. The number of primary amides is 1. The lowest BCUT2D eigenvalue weighted by Gasteiger charge is -2.21. The highest BCUT2D eigenvalue weighted by Crippen LogP contribution is 2.41. The number of unbranched alkanes of at least 4 members (excludes halogenated alkanes) is 3. The molecule has 1 aromatic heterocycles. The van der Waals surface area contributed by atoms with E-state index in [4.69, 9.17) is 20.8 Å². The SMILES string of the molecule is CC.Cc1ccc(NC(=O)CCCCCCC(=O)NO)cc1.NC(=O)CCC(=O)Nc1ccn(C2OC(CO)C(O)C2(F)F)c(=O)n1. The molecule has 1 saturated heterocycles. The molecule has 262 valence electrons. The first-order valence-corrected chi connectivity index (χ1v) is 15.1. The van der Waals surface area contributed by atoms with Gasteiger partial charge in [-0.3, -0.25) is 29.0 Å². The van der Waals surface area contributed by atoms with Gasteiger partial charge in [-0.15, -0.1) is 0 Å². The number of hydrogen-bond acceptors (Lipinski definition) is 10. The van der Waals surface area contributed by atoms with Crippen molar-refractivity contribution in [2.45, 2.75) is 96.5 Å². The third-order valence-electron chi connectivity index (χ3n) is 6.53. The Morgan fingerprint density at radius 3 is 2.02 bits per heavy atom. The van der Waals surface area contributed by atoms with E-state index < -0.39 is 48.5 Å². The zero-order valence-corrected chi connectivity index (χ0v) is 26.6. The molecular weight excluding hydrogens is 626 g/mol. The summed E-state index contributed by atoms with van der Waals surface area (Å²) >= 11 is 0. The monoisotopic (exact) mass is 670 g/mol. The smallest absolute Gasteiger partial charge is 0.351 e. The summed E-state index contributed by atoms with van der Waals surface area (Å²) in [4.78, 5) is 59.9. The fraction of sp³-hybridized carbons (Fsp3) is 0.533. The predicted octanol–water partition coefficient (Wildman–Crippen LogP) is 2.14. The molecule has 2 heterocycles. The van der Waals surface area contributed by atoms with Crippen LogP contribution in [0, 0.1) is 6.92 Å². The van der Waals surface area contributed by atoms with Crippen LogP contribution in [0.5, 0.6) is 0 Å². The van der Waals surface area contributed by atoms with Gasteiger partial charge in [0.2, 0.25) is 29.9 Å². The number of ether oxygens (including phenoxy) is 1. The number of aromatic nitrogens is 2. The van der Waals surface area contributed by atoms with E-state index in [9.17, 15) is 37.9 Å². The lowest BCUT2D eigenvalue weighted by molar-refractivity contribution is -0.141. The van der Waals surface area contributed by atoms with E-state index in [1.54, 1.807) is 5.48 Å². The summed E-state index contributed by atoms with van der Waals surface area (Å²) < 4.78 is 33.3. The number of hydroxylamine groups is 1. The van der Waals surface area contributed by atoms with Gasteiger partial charge >= 0.3 is 11.6 Å². The van der Waals surface area contributed by atoms with Gasteiger partial charge in [-0.05, 0) is 38.0 Å². The standard InChI is InChI=1S/C15H22N2O3.C13H16F2N4O6.C2H6/c1-12-8-10-13(11-9-12)16-14(18)6-4-2-3-5-7-15(19)17-20;14-13(15)10(23)6(5-20)25-11(13)19-4-3-8(18-12(19)24)17-9(22)2-1-7(16)21;1-2/h8-11,20H,2-7H2,1H3,(H,16,18)(H,17,19);3-4,6,10-11,20,23H,1-2,5H2,(H2,16,21)(H,17,18,22,24);1-2H3.